The van der Waals surface area contributed by atoms with E-state index in [1.54, 1.807) is 12.1 Å². The van der Waals surface area contributed by atoms with Gasteiger partial charge in [0, 0.05) is 24.7 Å². The van der Waals surface area contributed by atoms with Crippen LogP contribution < -0.4 is 14.8 Å². The van der Waals surface area contributed by atoms with E-state index in [0.717, 1.165) is 31.2 Å². The van der Waals surface area contributed by atoms with Crippen LogP contribution in [-0.2, 0) is 6.54 Å². The zero-order valence-electron chi connectivity index (χ0n) is 11.5. The summed E-state index contributed by atoms with van der Waals surface area (Å²) in [7, 11) is 0. The zero-order valence-corrected chi connectivity index (χ0v) is 11.5. The summed E-state index contributed by atoms with van der Waals surface area (Å²) in [6, 6.07) is 3.37. The molecule has 1 saturated carbocycles. The molecule has 0 bridgehead atoms. The molecule has 1 heterocycles. The van der Waals surface area contributed by atoms with Gasteiger partial charge < -0.3 is 25.0 Å². The fraction of sp³-hybridized carbons (Fsp3) is 0.600. The lowest BCUT2D eigenvalue weighted by Crippen LogP contribution is -2.41. The molecule has 1 aliphatic carbocycles. The Hall–Kier alpha value is -1.46. The van der Waals surface area contributed by atoms with Crippen LogP contribution >= 0.6 is 0 Å². The fourth-order valence-electron chi connectivity index (χ4n) is 2.93. The third-order valence-electron chi connectivity index (χ3n) is 4.13. The predicted molar refractivity (Wildman–Crippen MR) is 74.0 cm³/mol. The highest BCUT2D eigenvalue weighted by Crippen LogP contribution is 2.37. The summed E-state index contributed by atoms with van der Waals surface area (Å²) in [6.07, 6.45) is 5.10. The van der Waals surface area contributed by atoms with Gasteiger partial charge in [-0.3, -0.25) is 0 Å². The van der Waals surface area contributed by atoms with E-state index in [-0.39, 0.29) is 12.5 Å². The summed E-state index contributed by atoms with van der Waals surface area (Å²) in [5, 5.41) is 23.6. The van der Waals surface area contributed by atoms with Crippen LogP contribution in [0.1, 0.15) is 37.7 Å². The molecule has 20 heavy (non-hydrogen) atoms. The van der Waals surface area contributed by atoms with Gasteiger partial charge in [0.25, 0.3) is 0 Å². The molecule has 0 amide bonds. The van der Waals surface area contributed by atoms with E-state index >= 15 is 0 Å². The van der Waals surface area contributed by atoms with Gasteiger partial charge in [-0.05, 0) is 18.9 Å². The number of phenols is 1. The third kappa shape index (κ3) is 2.83. The summed E-state index contributed by atoms with van der Waals surface area (Å²) in [5.74, 6) is 1.44. The lowest BCUT2D eigenvalue weighted by atomic mass is 9.85. The van der Waals surface area contributed by atoms with Crippen molar-refractivity contribution < 1.29 is 19.7 Å². The Bertz CT molecular complexity index is 483. The van der Waals surface area contributed by atoms with E-state index in [0.29, 0.717) is 24.6 Å². The Labute approximate surface area is 118 Å². The number of aromatic hydroxyl groups is 1. The lowest BCUT2D eigenvalue weighted by Gasteiger charge is -2.32. The molecule has 2 aliphatic rings. The molecule has 0 aromatic heterocycles. The summed E-state index contributed by atoms with van der Waals surface area (Å²) in [6.45, 7) is 1.26. The van der Waals surface area contributed by atoms with Gasteiger partial charge in [-0.25, -0.2) is 0 Å². The quantitative estimate of drug-likeness (QED) is 0.785. The van der Waals surface area contributed by atoms with E-state index < -0.39 is 5.60 Å². The number of hydrogen-bond donors (Lipinski definition) is 3. The molecule has 3 N–H and O–H groups in total. The first-order valence-electron chi connectivity index (χ1n) is 7.21. The normalized spacial score (nSPS) is 20.1. The minimum absolute atomic E-state index is 0.192. The first-order chi connectivity index (χ1) is 9.66. The summed E-state index contributed by atoms with van der Waals surface area (Å²) in [5.41, 5.74) is 0.165. The first-order valence-corrected chi connectivity index (χ1v) is 7.21. The van der Waals surface area contributed by atoms with Gasteiger partial charge >= 0.3 is 0 Å². The number of aliphatic hydroxyl groups is 1. The zero-order chi connectivity index (χ0) is 14.0. The number of hydrogen-bond acceptors (Lipinski definition) is 5. The van der Waals surface area contributed by atoms with Gasteiger partial charge in [-0.2, -0.15) is 0 Å². The molecule has 0 radical (unpaired) electrons. The first kappa shape index (κ1) is 13.5. The second kappa shape index (κ2) is 5.50. The summed E-state index contributed by atoms with van der Waals surface area (Å²) in [4.78, 5) is 0. The van der Waals surface area contributed by atoms with Crippen LogP contribution in [0.5, 0.6) is 17.2 Å². The molecule has 1 fully saturated rings. The number of rotatable bonds is 4. The van der Waals surface area contributed by atoms with Crippen LogP contribution in [0.4, 0.5) is 0 Å². The van der Waals surface area contributed by atoms with Crippen LogP contribution in [0.3, 0.4) is 0 Å². The molecule has 5 heteroatoms. The summed E-state index contributed by atoms with van der Waals surface area (Å²) < 4.78 is 10.5. The van der Waals surface area contributed by atoms with Crippen LogP contribution in [0.15, 0.2) is 12.1 Å². The van der Waals surface area contributed by atoms with Gasteiger partial charge in [0.1, 0.15) is 5.75 Å². The molecule has 3 rings (SSSR count). The van der Waals surface area contributed by atoms with Crippen LogP contribution in [-0.4, -0.2) is 29.2 Å². The number of fused-ring (bicyclic) bond motifs is 1. The average molecular weight is 279 g/mol. The van der Waals surface area contributed by atoms with Crippen LogP contribution in [0.2, 0.25) is 0 Å². The maximum absolute atomic E-state index is 10.4. The Balaban J connectivity index is 1.58. The van der Waals surface area contributed by atoms with Crippen molar-refractivity contribution in [2.75, 3.05) is 13.3 Å². The van der Waals surface area contributed by atoms with Gasteiger partial charge in [0.2, 0.25) is 6.79 Å². The predicted octanol–water partition coefficient (Wildman–Crippen LogP) is 1.91. The monoisotopic (exact) mass is 279 g/mol. The molecule has 1 aromatic rings. The highest BCUT2D eigenvalue weighted by atomic mass is 16.7. The molecule has 110 valence electrons. The summed E-state index contributed by atoms with van der Waals surface area (Å²) >= 11 is 0. The van der Waals surface area contributed by atoms with Crippen molar-refractivity contribution in [2.24, 2.45) is 0 Å². The van der Waals surface area contributed by atoms with Gasteiger partial charge in [-0.15, -0.1) is 0 Å². The molecule has 0 saturated heterocycles. The number of benzene rings is 1. The van der Waals surface area contributed by atoms with E-state index in [1.807, 2.05) is 0 Å². The second-order valence-corrected chi connectivity index (χ2v) is 5.72. The maximum Gasteiger partial charge on any atom is 0.231 e. The van der Waals surface area contributed by atoms with Gasteiger partial charge in [0.05, 0.1) is 5.60 Å². The smallest absolute Gasteiger partial charge is 0.231 e. The SMILES string of the molecule is Oc1cc2c(cc1CNCC1(O)CCCCC1)OCO2. The topological polar surface area (TPSA) is 71.0 Å². The maximum atomic E-state index is 10.4. The van der Waals surface area contributed by atoms with Crippen molar-refractivity contribution in [1.82, 2.24) is 5.32 Å². The van der Waals surface area contributed by atoms with Crippen LogP contribution in [0.25, 0.3) is 0 Å². The van der Waals surface area contributed by atoms with Crippen molar-refractivity contribution in [2.45, 2.75) is 44.2 Å². The average Bonchev–Trinajstić information content (AvgIpc) is 2.86. The molecule has 0 unspecified atom stereocenters. The number of ether oxygens (including phenoxy) is 2. The van der Waals surface area contributed by atoms with Crippen molar-refractivity contribution in [3.63, 3.8) is 0 Å². The highest BCUT2D eigenvalue weighted by Gasteiger charge is 2.28. The molecule has 0 spiro atoms. The van der Waals surface area contributed by atoms with E-state index in [9.17, 15) is 10.2 Å². The van der Waals surface area contributed by atoms with Crippen molar-refractivity contribution in [3.05, 3.63) is 17.7 Å². The molecule has 1 aromatic carbocycles. The standard InChI is InChI=1S/C15H21NO4/c17-12-7-14-13(19-10-20-14)6-11(12)8-16-9-15(18)4-2-1-3-5-15/h6-7,16-18H,1-5,8-10H2. The highest BCUT2D eigenvalue weighted by molar-refractivity contribution is 5.51. The number of phenolic OH excluding ortho intramolecular Hbond substituents is 1. The Morgan fingerprint density at radius 1 is 1.10 bits per heavy atom. The van der Waals surface area contributed by atoms with Crippen molar-refractivity contribution in [3.8, 4) is 17.2 Å². The van der Waals surface area contributed by atoms with Gasteiger partial charge in [0.15, 0.2) is 11.5 Å². The molecular formula is C15H21NO4. The van der Waals surface area contributed by atoms with Crippen LogP contribution in [0, 0.1) is 0 Å². The molecule has 5 nitrogen and oxygen atoms in total. The van der Waals surface area contributed by atoms with E-state index in [4.69, 9.17) is 9.47 Å². The number of nitrogens with one attached hydrogen (secondary N) is 1. The van der Waals surface area contributed by atoms with E-state index in [2.05, 4.69) is 5.32 Å². The van der Waals surface area contributed by atoms with Crippen molar-refractivity contribution in [1.29, 1.82) is 0 Å². The molecule has 1 aliphatic heterocycles. The second-order valence-electron chi connectivity index (χ2n) is 5.72. The fourth-order valence-corrected chi connectivity index (χ4v) is 2.93. The molecule has 0 atom stereocenters. The minimum Gasteiger partial charge on any atom is -0.507 e. The lowest BCUT2D eigenvalue weighted by molar-refractivity contribution is 0.00463. The minimum atomic E-state index is -0.593. The Kier molecular flexibility index (Phi) is 3.72. The third-order valence-corrected chi connectivity index (χ3v) is 4.13. The Morgan fingerprint density at radius 2 is 1.80 bits per heavy atom. The Morgan fingerprint density at radius 3 is 2.55 bits per heavy atom. The van der Waals surface area contributed by atoms with Gasteiger partial charge in [-0.1, -0.05) is 19.3 Å². The molecular weight excluding hydrogens is 258 g/mol. The van der Waals surface area contributed by atoms with E-state index in [1.165, 1.54) is 6.42 Å². The largest absolute Gasteiger partial charge is 0.507 e. The van der Waals surface area contributed by atoms with Crippen molar-refractivity contribution >= 4 is 0 Å².